The van der Waals surface area contributed by atoms with Gasteiger partial charge in [-0.15, -0.1) is 12.4 Å². The Labute approximate surface area is 176 Å². The lowest BCUT2D eigenvalue weighted by Gasteiger charge is -2.35. The van der Waals surface area contributed by atoms with E-state index in [9.17, 15) is 9.59 Å². The van der Waals surface area contributed by atoms with Crippen molar-refractivity contribution < 1.29 is 19.1 Å². The number of rotatable bonds is 4. The van der Waals surface area contributed by atoms with Crippen LogP contribution in [0.2, 0.25) is 0 Å². The van der Waals surface area contributed by atoms with E-state index in [4.69, 9.17) is 15.2 Å². The topological polar surface area (TPSA) is 85.1 Å². The Kier molecular flexibility index (Phi) is 7.34. The normalized spacial score (nSPS) is 13.5. The van der Waals surface area contributed by atoms with Gasteiger partial charge in [-0.2, -0.15) is 0 Å². The number of nitrogens with zero attached hydrogens (tertiary/aromatic N) is 2. The van der Waals surface area contributed by atoms with E-state index in [1.165, 1.54) is 7.11 Å². The minimum atomic E-state index is -0.119. The molecule has 0 spiro atoms. The summed E-state index contributed by atoms with van der Waals surface area (Å²) >= 11 is 0. The lowest BCUT2D eigenvalue weighted by Crippen LogP contribution is -2.50. The molecule has 29 heavy (non-hydrogen) atoms. The van der Waals surface area contributed by atoms with Gasteiger partial charge in [-0.25, -0.2) is 0 Å². The third-order valence-electron chi connectivity index (χ3n) is 4.99. The van der Waals surface area contributed by atoms with Crippen molar-refractivity contribution in [2.45, 2.75) is 6.92 Å². The first-order chi connectivity index (χ1) is 13.4. The number of aryl methyl sites for hydroxylation is 1. The quantitative estimate of drug-likeness (QED) is 0.770. The maximum atomic E-state index is 12.9. The molecule has 156 valence electrons. The number of amides is 2. The van der Waals surface area contributed by atoms with Crippen LogP contribution in [0.15, 0.2) is 36.4 Å². The van der Waals surface area contributed by atoms with Crippen molar-refractivity contribution in [1.82, 2.24) is 9.80 Å². The van der Waals surface area contributed by atoms with Crippen molar-refractivity contribution in [2.75, 3.05) is 46.1 Å². The van der Waals surface area contributed by atoms with Crippen LogP contribution in [0.5, 0.6) is 11.5 Å². The number of anilines is 1. The van der Waals surface area contributed by atoms with Crippen molar-refractivity contribution >= 4 is 29.9 Å². The maximum Gasteiger partial charge on any atom is 0.257 e. The van der Waals surface area contributed by atoms with Crippen molar-refractivity contribution in [1.29, 1.82) is 0 Å². The number of benzene rings is 2. The number of methoxy groups -OCH3 is 2. The van der Waals surface area contributed by atoms with Gasteiger partial charge in [0.25, 0.3) is 11.8 Å². The van der Waals surface area contributed by atoms with Crippen molar-refractivity contribution in [3.8, 4) is 11.5 Å². The molecule has 0 aromatic heterocycles. The molecule has 2 aromatic carbocycles. The molecule has 0 saturated carbocycles. The number of carbonyl (C=O) groups excluding carboxylic acids is 2. The Hall–Kier alpha value is -2.93. The third-order valence-corrected chi connectivity index (χ3v) is 4.99. The Balaban J connectivity index is 0.00000300. The fraction of sp³-hybridized carbons (Fsp3) is 0.333. The van der Waals surface area contributed by atoms with Crippen molar-refractivity contribution in [2.24, 2.45) is 0 Å². The van der Waals surface area contributed by atoms with E-state index < -0.39 is 0 Å². The fourth-order valence-corrected chi connectivity index (χ4v) is 3.30. The van der Waals surface area contributed by atoms with Gasteiger partial charge in [0, 0.05) is 43.5 Å². The summed E-state index contributed by atoms with van der Waals surface area (Å²) < 4.78 is 10.5. The minimum Gasteiger partial charge on any atom is -0.497 e. The van der Waals surface area contributed by atoms with E-state index in [1.54, 1.807) is 47.2 Å². The van der Waals surface area contributed by atoms with Gasteiger partial charge >= 0.3 is 0 Å². The lowest BCUT2D eigenvalue weighted by molar-refractivity contribution is 0.0533. The Bertz CT molecular complexity index is 895. The standard InChI is InChI=1S/C21H25N3O4.ClH/c1-14-4-5-15(22)12-18(14)21(26)24-10-8-23(9-11-24)20(25)17-7-6-16(27-2)13-19(17)28-3;/h4-7,12-13H,8-11,22H2,1-3H3;1H. The van der Waals surface area contributed by atoms with E-state index in [0.29, 0.717) is 54.5 Å². The molecule has 0 aliphatic carbocycles. The minimum absolute atomic E-state index is 0. The first-order valence-corrected chi connectivity index (χ1v) is 9.11. The van der Waals surface area contributed by atoms with Crippen LogP contribution in [0.4, 0.5) is 5.69 Å². The van der Waals surface area contributed by atoms with Crippen LogP contribution in [-0.4, -0.2) is 62.0 Å². The third kappa shape index (κ3) is 4.74. The average molecular weight is 420 g/mol. The second-order valence-corrected chi connectivity index (χ2v) is 6.72. The van der Waals surface area contributed by atoms with E-state index in [0.717, 1.165) is 5.56 Å². The van der Waals surface area contributed by atoms with E-state index in [1.807, 2.05) is 13.0 Å². The molecule has 7 nitrogen and oxygen atoms in total. The number of halogens is 1. The van der Waals surface area contributed by atoms with Crippen LogP contribution < -0.4 is 15.2 Å². The first-order valence-electron chi connectivity index (χ1n) is 9.11. The monoisotopic (exact) mass is 419 g/mol. The first kappa shape index (κ1) is 22.4. The second kappa shape index (κ2) is 9.52. The predicted molar refractivity (Wildman–Crippen MR) is 114 cm³/mol. The van der Waals surface area contributed by atoms with Gasteiger partial charge < -0.3 is 25.0 Å². The molecule has 2 aromatic rings. The largest absolute Gasteiger partial charge is 0.497 e. The number of hydrogen-bond acceptors (Lipinski definition) is 5. The van der Waals surface area contributed by atoms with Crippen LogP contribution in [0.25, 0.3) is 0 Å². The van der Waals surface area contributed by atoms with Crippen LogP contribution >= 0.6 is 12.4 Å². The van der Waals surface area contributed by atoms with Gasteiger partial charge in [-0.05, 0) is 36.8 Å². The number of nitrogens with two attached hydrogens (primary N) is 1. The molecule has 1 fully saturated rings. The second-order valence-electron chi connectivity index (χ2n) is 6.72. The van der Waals surface area contributed by atoms with E-state index >= 15 is 0 Å². The smallest absolute Gasteiger partial charge is 0.257 e. The van der Waals surface area contributed by atoms with Gasteiger partial charge in [-0.3, -0.25) is 9.59 Å². The summed E-state index contributed by atoms with van der Waals surface area (Å²) in [6.07, 6.45) is 0. The zero-order chi connectivity index (χ0) is 20.3. The number of ether oxygens (including phenoxy) is 2. The molecule has 2 amide bonds. The Morgan fingerprint density at radius 2 is 1.45 bits per heavy atom. The molecule has 1 aliphatic heterocycles. The fourth-order valence-electron chi connectivity index (χ4n) is 3.30. The molecule has 8 heteroatoms. The van der Waals surface area contributed by atoms with E-state index in [2.05, 4.69) is 0 Å². The van der Waals surface area contributed by atoms with Gasteiger partial charge in [-0.1, -0.05) is 6.07 Å². The summed E-state index contributed by atoms with van der Waals surface area (Å²) in [5, 5.41) is 0. The molecule has 3 rings (SSSR count). The highest BCUT2D eigenvalue weighted by atomic mass is 35.5. The molecule has 0 radical (unpaired) electrons. The van der Waals surface area contributed by atoms with Crippen LogP contribution in [0, 0.1) is 6.92 Å². The Morgan fingerprint density at radius 3 is 2.00 bits per heavy atom. The van der Waals surface area contributed by atoms with Gasteiger partial charge in [0.15, 0.2) is 0 Å². The predicted octanol–water partition coefficient (Wildman–Crippen LogP) is 2.61. The zero-order valence-corrected chi connectivity index (χ0v) is 17.6. The summed E-state index contributed by atoms with van der Waals surface area (Å²) in [6, 6.07) is 10.5. The van der Waals surface area contributed by atoms with Crippen LogP contribution in [0.3, 0.4) is 0 Å². The summed E-state index contributed by atoms with van der Waals surface area (Å²) in [5.74, 6) is 0.922. The number of nitrogen functional groups attached to an aromatic ring is 1. The molecule has 0 bridgehead atoms. The molecule has 0 unspecified atom stereocenters. The highest BCUT2D eigenvalue weighted by molar-refractivity contribution is 5.98. The molecule has 0 atom stereocenters. The molecule has 1 saturated heterocycles. The van der Waals surface area contributed by atoms with Crippen LogP contribution in [0.1, 0.15) is 26.3 Å². The van der Waals surface area contributed by atoms with Crippen molar-refractivity contribution in [3.05, 3.63) is 53.1 Å². The van der Waals surface area contributed by atoms with Crippen molar-refractivity contribution in [3.63, 3.8) is 0 Å². The number of hydrogen-bond donors (Lipinski definition) is 1. The average Bonchev–Trinajstić information content (AvgIpc) is 2.74. The highest BCUT2D eigenvalue weighted by Gasteiger charge is 2.27. The maximum absolute atomic E-state index is 12.9. The molecular weight excluding hydrogens is 394 g/mol. The number of piperazine rings is 1. The highest BCUT2D eigenvalue weighted by Crippen LogP contribution is 2.26. The van der Waals surface area contributed by atoms with Crippen LogP contribution in [-0.2, 0) is 0 Å². The SMILES string of the molecule is COc1ccc(C(=O)N2CCN(C(=O)c3cc(N)ccc3C)CC2)c(OC)c1.Cl. The van der Waals surface area contributed by atoms with E-state index in [-0.39, 0.29) is 24.2 Å². The summed E-state index contributed by atoms with van der Waals surface area (Å²) in [4.78, 5) is 29.2. The molecular formula is C21H26ClN3O4. The molecule has 2 N–H and O–H groups in total. The lowest BCUT2D eigenvalue weighted by atomic mass is 10.1. The molecule has 1 heterocycles. The summed E-state index contributed by atoms with van der Waals surface area (Å²) in [5.41, 5.74) is 8.37. The zero-order valence-electron chi connectivity index (χ0n) is 16.8. The summed E-state index contributed by atoms with van der Waals surface area (Å²) in [7, 11) is 3.09. The van der Waals surface area contributed by atoms with Gasteiger partial charge in [0.1, 0.15) is 11.5 Å². The summed E-state index contributed by atoms with van der Waals surface area (Å²) in [6.45, 7) is 3.75. The molecule has 1 aliphatic rings. The van der Waals surface area contributed by atoms with Gasteiger partial charge in [0.05, 0.1) is 19.8 Å². The Morgan fingerprint density at radius 1 is 0.862 bits per heavy atom. The number of carbonyl (C=O) groups is 2. The van der Waals surface area contributed by atoms with Gasteiger partial charge in [0.2, 0.25) is 0 Å².